The van der Waals surface area contributed by atoms with Gasteiger partial charge in [0.05, 0.1) is 12.1 Å². The highest BCUT2D eigenvalue weighted by molar-refractivity contribution is 5.95. The minimum atomic E-state index is -4.57. The minimum absolute atomic E-state index is 0.0459. The fraction of sp³-hybridized carbons (Fsp3) is 0.355. The molecule has 45 heavy (non-hydrogen) atoms. The quantitative estimate of drug-likeness (QED) is 0.223. The van der Waals surface area contributed by atoms with E-state index in [4.69, 9.17) is 15.2 Å². The number of hydrogen-bond acceptors (Lipinski definition) is 6. The van der Waals surface area contributed by atoms with E-state index in [1.165, 1.54) is 60.7 Å². The summed E-state index contributed by atoms with van der Waals surface area (Å²) in [4.78, 5) is 24.5. The van der Waals surface area contributed by atoms with Crippen LogP contribution < -0.4 is 21.7 Å². The number of ether oxygens (including phenoxy) is 2. The van der Waals surface area contributed by atoms with E-state index in [-0.39, 0.29) is 36.3 Å². The number of amides is 2. The first-order chi connectivity index (χ1) is 21.4. The third-order valence-corrected chi connectivity index (χ3v) is 7.03. The van der Waals surface area contributed by atoms with Gasteiger partial charge in [-0.05, 0) is 66.8 Å². The Hall–Kier alpha value is -4.14. The normalized spacial score (nSPS) is 17.4. The molecule has 1 fully saturated rings. The van der Waals surface area contributed by atoms with Crippen LogP contribution in [0.15, 0.2) is 60.7 Å². The number of hydrogen-bond donors (Lipinski definition) is 4. The number of alkyl halides is 3. The Bertz CT molecular complexity index is 1470. The van der Waals surface area contributed by atoms with Crippen LogP contribution in [0.4, 0.5) is 36.8 Å². The first-order valence-electron chi connectivity index (χ1n) is 14.1. The van der Waals surface area contributed by atoms with E-state index >= 15 is 0 Å². The van der Waals surface area contributed by atoms with Crippen molar-refractivity contribution in [2.24, 2.45) is 5.73 Å². The van der Waals surface area contributed by atoms with Crippen molar-refractivity contribution in [1.29, 1.82) is 0 Å². The van der Waals surface area contributed by atoms with Crippen molar-refractivity contribution in [3.8, 4) is 11.1 Å². The first kappa shape index (κ1) is 33.7. The van der Waals surface area contributed by atoms with E-state index in [0.717, 1.165) is 0 Å². The summed E-state index contributed by atoms with van der Waals surface area (Å²) in [6, 6.07) is 12.7. The van der Waals surface area contributed by atoms with E-state index in [9.17, 15) is 35.9 Å². The maximum Gasteiger partial charge on any atom is 0.407 e. The summed E-state index contributed by atoms with van der Waals surface area (Å²) in [5, 5.41) is 7.36. The molecule has 1 aliphatic rings. The molecule has 1 heterocycles. The molecule has 0 bridgehead atoms. The minimum Gasteiger partial charge on any atom is -0.447 e. The lowest BCUT2D eigenvalue weighted by Crippen LogP contribution is -2.47. The molecule has 1 saturated heterocycles. The number of rotatable bonds is 11. The Balaban J connectivity index is 1.32. The SMILES string of the molecule is N[C@@H](Cc1ccc(F)c(-c2ccc(F)cc2)c1)C(=O)Nc1cccc(F)c1CC[C@@H]1CNC[C@@H](COC(=O)NCC(F)(F)F)O1. The van der Waals surface area contributed by atoms with Crippen LogP contribution in [-0.4, -0.2) is 62.7 Å². The van der Waals surface area contributed by atoms with E-state index in [1.54, 1.807) is 5.32 Å². The number of nitrogens with two attached hydrogens (primary N) is 1. The third kappa shape index (κ3) is 10.2. The Morgan fingerprint density at radius 1 is 1.00 bits per heavy atom. The lowest BCUT2D eigenvalue weighted by Gasteiger charge is -2.31. The van der Waals surface area contributed by atoms with Gasteiger partial charge < -0.3 is 31.2 Å². The summed E-state index contributed by atoms with van der Waals surface area (Å²) >= 11 is 0. The molecule has 0 spiro atoms. The predicted octanol–water partition coefficient (Wildman–Crippen LogP) is 4.86. The zero-order chi connectivity index (χ0) is 32.6. The molecule has 0 unspecified atom stereocenters. The summed E-state index contributed by atoms with van der Waals surface area (Å²) in [5.74, 6) is -2.13. The van der Waals surface area contributed by atoms with Gasteiger partial charge in [-0.1, -0.05) is 24.3 Å². The smallest absolute Gasteiger partial charge is 0.407 e. The summed E-state index contributed by atoms with van der Waals surface area (Å²) in [6.07, 6.45) is -6.36. The number of benzene rings is 3. The fourth-order valence-corrected chi connectivity index (χ4v) is 4.79. The number of alkyl carbamates (subject to hydrolysis) is 1. The fourth-order valence-electron chi connectivity index (χ4n) is 4.79. The van der Waals surface area contributed by atoms with Crippen LogP contribution in [0.25, 0.3) is 11.1 Å². The van der Waals surface area contributed by atoms with Crippen LogP contribution in [0, 0.1) is 17.5 Å². The highest BCUT2D eigenvalue weighted by Gasteiger charge is 2.29. The van der Waals surface area contributed by atoms with Crippen molar-refractivity contribution in [3.05, 3.63) is 89.2 Å². The second-order valence-electron chi connectivity index (χ2n) is 10.5. The van der Waals surface area contributed by atoms with Gasteiger partial charge in [-0.2, -0.15) is 13.2 Å². The highest BCUT2D eigenvalue weighted by Crippen LogP contribution is 2.26. The Morgan fingerprint density at radius 2 is 1.73 bits per heavy atom. The van der Waals surface area contributed by atoms with Crippen LogP contribution in [-0.2, 0) is 27.1 Å². The molecule has 3 atom stereocenters. The van der Waals surface area contributed by atoms with Crippen LogP contribution in [0.5, 0.6) is 0 Å². The number of halogens is 6. The van der Waals surface area contributed by atoms with Crippen LogP contribution in [0.3, 0.4) is 0 Å². The second kappa shape index (κ2) is 15.2. The lowest BCUT2D eigenvalue weighted by molar-refractivity contribution is -0.124. The summed E-state index contributed by atoms with van der Waals surface area (Å²) in [5.41, 5.74) is 7.84. The Labute approximate surface area is 255 Å². The lowest BCUT2D eigenvalue weighted by atomic mass is 9.98. The molecule has 0 aliphatic carbocycles. The zero-order valence-electron chi connectivity index (χ0n) is 23.9. The van der Waals surface area contributed by atoms with Crippen molar-refractivity contribution in [2.75, 3.05) is 31.6 Å². The molecule has 4 rings (SSSR count). The topological polar surface area (TPSA) is 115 Å². The molecule has 3 aromatic rings. The van der Waals surface area contributed by atoms with E-state index in [0.29, 0.717) is 30.6 Å². The number of carbonyl (C=O) groups is 2. The van der Waals surface area contributed by atoms with Crippen LogP contribution in [0.2, 0.25) is 0 Å². The monoisotopic (exact) mass is 638 g/mol. The highest BCUT2D eigenvalue weighted by atomic mass is 19.4. The van der Waals surface area contributed by atoms with Gasteiger partial charge in [0.2, 0.25) is 5.91 Å². The van der Waals surface area contributed by atoms with Gasteiger partial charge in [-0.15, -0.1) is 0 Å². The molecule has 0 saturated carbocycles. The predicted molar refractivity (Wildman–Crippen MR) is 154 cm³/mol. The number of anilines is 1. The van der Waals surface area contributed by atoms with Gasteiger partial charge in [-0.25, -0.2) is 18.0 Å². The average molecular weight is 639 g/mol. The van der Waals surface area contributed by atoms with E-state index < -0.39 is 60.4 Å². The van der Waals surface area contributed by atoms with Crippen LogP contribution in [0.1, 0.15) is 17.5 Å². The molecular formula is C31H32F6N4O4. The average Bonchev–Trinajstić information content (AvgIpc) is 3.00. The zero-order valence-corrected chi connectivity index (χ0v) is 23.9. The van der Waals surface area contributed by atoms with E-state index in [1.807, 2.05) is 0 Å². The molecule has 1 aliphatic heterocycles. The number of nitrogens with one attached hydrogen (secondary N) is 3. The van der Waals surface area contributed by atoms with Crippen molar-refractivity contribution in [3.63, 3.8) is 0 Å². The molecule has 2 amide bonds. The standard InChI is InChI=1S/C31H32F6N4O4/c32-20-7-5-19(6-8-20)24-12-18(4-11-26(24)34)13-27(38)29(42)41-28-3-1-2-25(33)23(28)10-9-21-14-39-15-22(45-21)16-44-30(43)40-17-31(35,36)37/h1-8,11-12,21-22,27,39H,9-10,13-17,38H2,(H,40,43)(H,41,42)/t21-,22+,27+/m1/s1. The Kier molecular flexibility index (Phi) is 11.4. The molecule has 0 radical (unpaired) electrons. The van der Waals surface area contributed by atoms with E-state index in [2.05, 4.69) is 10.6 Å². The largest absolute Gasteiger partial charge is 0.447 e. The molecule has 3 aromatic carbocycles. The maximum atomic E-state index is 14.9. The van der Waals surface area contributed by atoms with Gasteiger partial charge in [-0.3, -0.25) is 4.79 Å². The first-order valence-corrected chi connectivity index (χ1v) is 14.1. The molecule has 8 nitrogen and oxygen atoms in total. The number of carbonyl (C=O) groups excluding carboxylic acids is 2. The maximum absolute atomic E-state index is 14.9. The van der Waals surface area contributed by atoms with Gasteiger partial charge >= 0.3 is 12.3 Å². The van der Waals surface area contributed by atoms with Crippen molar-refractivity contribution < 1.29 is 45.4 Å². The molecule has 5 N–H and O–H groups in total. The summed E-state index contributed by atoms with van der Waals surface area (Å²) in [6.45, 7) is -1.11. The molecule has 14 heteroatoms. The second-order valence-corrected chi connectivity index (χ2v) is 10.5. The van der Waals surface area contributed by atoms with Gasteiger partial charge in [0.1, 0.15) is 36.7 Å². The Morgan fingerprint density at radius 3 is 2.47 bits per heavy atom. The molecule has 0 aromatic heterocycles. The van der Waals surface area contributed by atoms with Crippen LogP contribution >= 0.6 is 0 Å². The van der Waals surface area contributed by atoms with Gasteiger partial charge in [0, 0.05) is 29.9 Å². The van der Waals surface area contributed by atoms with Gasteiger partial charge in [0.15, 0.2) is 0 Å². The van der Waals surface area contributed by atoms with Gasteiger partial charge in [0.25, 0.3) is 0 Å². The van der Waals surface area contributed by atoms with Crippen molar-refractivity contribution in [2.45, 2.75) is 43.7 Å². The summed E-state index contributed by atoms with van der Waals surface area (Å²) in [7, 11) is 0. The summed E-state index contributed by atoms with van der Waals surface area (Å²) < 4.78 is 90.1. The van der Waals surface area contributed by atoms with Crippen molar-refractivity contribution in [1.82, 2.24) is 10.6 Å². The van der Waals surface area contributed by atoms with Crippen molar-refractivity contribution >= 4 is 17.7 Å². The third-order valence-electron chi connectivity index (χ3n) is 7.03. The molecular weight excluding hydrogens is 606 g/mol. The number of morpholine rings is 1. The molecule has 242 valence electrons.